The van der Waals surface area contributed by atoms with Gasteiger partial charge in [0.2, 0.25) is 0 Å². The number of allylic oxidation sites excluding steroid dienone is 10. The Hall–Kier alpha value is -2.36. The molecule has 0 aliphatic heterocycles. The summed E-state index contributed by atoms with van der Waals surface area (Å²) in [4.78, 5) is 23.7. The molecule has 0 aromatic heterocycles. The van der Waals surface area contributed by atoms with Crippen molar-refractivity contribution in [2.45, 2.75) is 142 Å². The SMILES string of the molecule is CCCCC/C=C\C/C=C\C/C=C\CCCC(C(=O)O)C(CCCCCC/C=C\C/C=C\CCCCC)C(=O)O. The molecule has 4 heteroatoms. The Morgan fingerprint density at radius 3 is 1.18 bits per heavy atom. The van der Waals surface area contributed by atoms with Gasteiger partial charge >= 0.3 is 11.9 Å². The maximum absolute atomic E-state index is 11.9. The van der Waals surface area contributed by atoms with E-state index < -0.39 is 23.8 Å². The Kier molecular flexibility index (Phi) is 27.9. The number of carbonyl (C=O) groups is 2. The van der Waals surface area contributed by atoms with Gasteiger partial charge in [0.15, 0.2) is 0 Å². The van der Waals surface area contributed by atoms with Crippen molar-refractivity contribution in [3.05, 3.63) is 60.8 Å². The molecule has 0 rings (SSSR count). The van der Waals surface area contributed by atoms with Crippen LogP contribution >= 0.6 is 0 Å². The smallest absolute Gasteiger partial charge is 0.307 e. The molecule has 0 saturated carbocycles. The van der Waals surface area contributed by atoms with Crippen LogP contribution in [-0.2, 0) is 9.59 Å². The van der Waals surface area contributed by atoms with Crippen LogP contribution in [0.3, 0.4) is 0 Å². The van der Waals surface area contributed by atoms with E-state index in [0.717, 1.165) is 64.2 Å². The van der Waals surface area contributed by atoms with Crippen LogP contribution in [0.4, 0.5) is 0 Å². The molecule has 0 saturated heterocycles. The molecule has 0 aliphatic carbocycles. The minimum atomic E-state index is -0.980. The third kappa shape index (κ3) is 24.7. The molecule has 0 aromatic carbocycles. The van der Waals surface area contributed by atoms with Crippen LogP contribution in [0.25, 0.3) is 0 Å². The molecule has 0 fully saturated rings. The zero-order valence-electron chi connectivity index (χ0n) is 25.8. The molecule has 0 bridgehead atoms. The Bertz CT molecular complexity index is 744. The fraction of sp³-hybridized carbons (Fsp3) is 0.667. The Balaban J connectivity index is 4.10. The maximum Gasteiger partial charge on any atom is 0.307 e. The number of carboxylic acids is 2. The number of hydrogen-bond acceptors (Lipinski definition) is 2. The van der Waals surface area contributed by atoms with Gasteiger partial charge < -0.3 is 10.2 Å². The van der Waals surface area contributed by atoms with Crippen LogP contribution in [0.5, 0.6) is 0 Å². The Labute approximate surface area is 246 Å². The van der Waals surface area contributed by atoms with Crippen molar-refractivity contribution in [3.63, 3.8) is 0 Å². The van der Waals surface area contributed by atoms with E-state index in [9.17, 15) is 19.8 Å². The van der Waals surface area contributed by atoms with E-state index in [1.54, 1.807) is 0 Å². The highest BCUT2D eigenvalue weighted by atomic mass is 16.4. The number of rotatable bonds is 28. The molecular weight excluding hydrogens is 496 g/mol. The Morgan fingerprint density at radius 1 is 0.450 bits per heavy atom. The summed E-state index contributed by atoms with van der Waals surface area (Å²) >= 11 is 0. The zero-order chi connectivity index (χ0) is 29.5. The van der Waals surface area contributed by atoms with E-state index in [-0.39, 0.29) is 0 Å². The van der Waals surface area contributed by atoms with Gasteiger partial charge in [-0.15, -0.1) is 0 Å². The van der Waals surface area contributed by atoms with Crippen molar-refractivity contribution in [1.82, 2.24) is 0 Å². The lowest BCUT2D eigenvalue weighted by Crippen LogP contribution is -2.30. The van der Waals surface area contributed by atoms with E-state index in [4.69, 9.17) is 0 Å². The predicted octanol–water partition coefficient (Wildman–Crippen LogP) is 11.0. The number of carboxylic acid groups (broad SMARTS) is 2. The standard InChI is InChI=1S/C36H60O4/c1-3-5-7-9-11-13-15-17-19-21-23-25-27-29-31-33(35(37)38)34(36(39)40)32-30-28-26-24-22-20-18-16-14-12-10-8-6-4-2/h11-14,17-20,23,25,33-34H,3-10,15-16,21-22,24,26-32H2,1-2H3,(H,37,38)(H,39,40)/b13-11-,14-12-,19-17-,20-18-,25-23-. The van der Waals surface area contributed by atoms with Gasteiger partial charge in [-0.1, -0.05) is 120 Å². The summed E-state index contributed by atoms with van der Waals surface area (Å²) in [5.41, 5.74) is 0. The molecule has 0 radical (unpaired) electrons. The molecule has 2 unspecified atom stereocenters. The fourth-order valence-corrected chi connectivity index (χ4v) is 4.74. The van der Waals surface area contributed by atoms with Crippen LogP contribution in [0, 0.1) is 11.8 Å². The molecule has 228 valence electrons. The fourth-order valence-electron chi connectivity index (χ4n) is 4.74. The summed E-state index contributed by atoms with van der Waals surface area (Å²) in [5.74, 6) is -3.57. The summed E-state index contributed by atoms with van der Waals surface area (Å²) in [6.07, 6.45) is 42.0. The van der Waals surface area contributed by atoms with Crippen LogP contribution < -0.4 is 0 Å². The first kappa shape index (κ1) is 37.6. The maximum atomic E-state index is 11.9. The highest BCUT2D eigenvalue weighted by molar-refractivity contribution is 5.79. The first-order valence-electron chi connectivity index (χ1n) is 16.2. The van der Waals surface area contributed by atoms with Crippen molar-refractivity contribution in [1.29, 1.82) is 0 Å². The van der Waals surface area contributed by atoms with Crippen molar-refractivity contribution in [3.8, 4) is 0 Å². The van der Waals surface area contributed by atoms with E-state index >= 15 is 0 Å². The lowest BCUT2D eigenvalue weighted by Gasteiger charge is -2.20. The second-order valence-electron chi connectivity index (χ2n) is 10.9. The van der Waals surface area contributed by atoms with Crippen LogP contribution in [0.2, 0.25) is 0 Å². The largest absolute Gasteiger partial charge is 0.481 e. The van der Waals surface area contributed by atoms with Crippen LogP contribution in [0.1, 0.15) is 142 Å². The van der Waals surface area contributed by atoms with Crippen LogP contribution in [0.15, 0.2) is 60.8 Å². The van der Waals surface area contributed by atoms with Crippen molar-refractivity contribution < 1.29 is 19.8 Å². The Morgan fingerprint density at radius 2 is 0.775 bits per heavy atom. The summed E-state index contributed by atoms with van der Waals surface area (Å²) in [6, 6.07) is 0. The van der Waals surface area contributed by atoms with E-state index in [1.807, 2.05) is 0 Å². The van der Waals surface area contributed by atoms with Gasteiger partial charge in [0, 0.05) is 0 Å². The minimum absolute atomic E-state index is 0.410. The third-order valence-corrected chi connectivity index (χ3v) is 7.24. The van der Waals surface area contributed by atoms with Gasteiger partial charge in [-0.3, -0.25) is 9.59 Å². The average molecular weight is 557 g/mol. The summed E-state index contributed by atoms with van der Waals surface area (Å²) in [5, 5.41) is 19.4. The van der Waals surface area contributed by atoms with Crippen molar-refractivity contribution >= 4 is 11.9 Å². The molecule has 0 amide bonds. The highest BCUT2D eigenvalue weighted by Crippen LogP contribution is 2.25. The molecule has 0 aromatic rings. The van der Waals surface area contributed by atoms with Crippen LogP contribution in [-0.4, -0.2) is 22.2 Å². The third-order valence-electron chi connectivity index (χ3n) is 7.24. The molecule has 2 atom stereocenters. The van der Waals surface area contributed by atoms with Gasteiger partial charge in [-0.2, -0.15) is 0 Å². The van der Waals surface area contributed by atoms with Gasteiger partial charge in [0.25, 0.3) is 0 Å². The lowest BCUT2D eigenvalue weighted by atomic mass is 9.84. The average Bonchev–Trinajstić information content (AvgIpc) is 2.93. The number of unbranched alkanes of at least 4 members (excludes halogenated alkanes) is 11. The normalized spacial score (nSPS) is 13.9. The monoisotopic (exact) mass is 556 g/mol. The number of hydrogen-bond donors (Lipinski definition) is 2. The summed E-state index contributed by atoms with van der Waals surface area (Å²) in [6.45, 7) is 4.44. The molecule has 0 aliphatic rings. The molecule has 0 heterocycles. The van der Waals surface area contributed by atoms with E-state index in [0.29, 0.717) is 19.3 Å². The highest BCUT2D eigenvalue weighted by Gasteiger charge is 2.32. The molecular formula is C36H60O4. The molecule has 0 spiro atoms. The van der Waals surface area contributed by atoms with Crippen molar-refractivity contribution in [2.75, 3.05) is 0 Å². The first-order valence-corrected chi connectivity index (χ1v) is 16.2. The second-order valence-corrected chi connectivity index (χ2v) is 10.9. The summed E-state index contributed by atoms with van der Waals surface area (Å²) < 4.78 is 0. The second kappa shape index (κ2) is 29.6. The quantitative estimate of drug-likeness (QED) is 0.0742. The minimum Gasteiger partial charge on any atom is -0.481 e. The zero-order valence-corrected chi connectivity index (χ0v) is 25.8. The molecule has 4 nitrogen and oxygen atoms in total. The van der Waals surface area contributed by atoms with Gasteiger partial charge in [0.1, 0.15) is 0 Å². The van der Waals surface area contributed by atoms with Crippen molar-refractivity contribution in [2.24, 2.45) is 11.8 Å². The van der Waals surface area contributed by atoms with E-state index in [2.05, 4.69) is 74.6 Å². The van der Waals surface area contributed by atoms with E-state index in [1.165, 1.54) is 44.9 Å². The molecule has 40 heavy (non-hydrogen) atoms. The topological polar surface area (TPSA) is 74.6 Å². The first-order chi connectivity index (χ1) is 19.5. The van der Waals surface area contributed by atoms with Gasteiger partial charge in [-0.05, 0) is 83.5 Å². The number of aliphatic carboxylic acids is 2. The van der Waals surface area contributed by atoms with Gasteiger partial charge in [-0.25, -0.2) is 0 Å². The summed E-state index contributed by atoms with van der Waals surface area (Å²) in [7, 11) is 0. The lowest BCUT2D eigenvalue weighted by molar-refractivity contribution is -0.154. The van der Waals surface area contributed by atoms with Gasteiger partial charge in [0.05, 0.1) is 11.8 Å². The predicted molar refractivity (Wildman–Crippen MR) is 172 cm³/mol. The molecule has 2 N–H and O–H groups in total.